The molecule has 0 bridgehead atoms. The second-order valence-corrected chi connectivity index (χ2v) is 5.45. The van der Waals surface area contributed by atoms with Gasteiger partial charge in [-0.1, -0.05) is 19.8 Å². The molecule has 3 unspecified atom stereocenters. The van der Waals surface area contributed by atoms with E-state index in [1.165, 1.54) is 25.7 Å². The SMILES string of the molecule is C#CCC(NC)C1(N(C)C)CCCC(C)C1. The van der Waals surface area contributed by atoms with E-state index in [9.17, 15) is 0 Å². The molecule has 1 saturated carbocycles. The predicted octanol–water partition coefficient (Wildman–Crippen LogP) is 2.11. The molecule has 0 spiro atoms. The zero-order chi connectivity index (χ0) is 12.2. The molecule has 1 aliphatic rings. The van der Waals surface area contributed by atoms with Crippen LogP contribution in [0.15, 0.2) is 0 Å². The molecule has 1 N–H and O–H groups in total. The van der Waals surface area contributed by atoms with Crippen molar-refractivity contribution >= 4 is 0 Å². The van der Waals surface area contributed by atoms with Crippen LogP contribution in [0.4, 0.5) is 0 Å². The van der Waals surface area contributed by atoms with Crippen LogP contribution in [0.1, 0.15) is 39.0 Å². The van der Waals surface area contributed by atoms with Crippen molar-refractivity contribution in [3.63, 3.8) is 0 Å². The van der Waals surface area contributed by atoms with Gasteiger partial charge in [-0.2, -0.15) is 0 Å². The second kappa shape index (κ2) is 5.70. The van der Waals surface area contributed by atoms with Crippen molar-refractivity contribution in [2.24, 2.45) is 5.92 Å². The largest absolute Gasteiger partial charge is 0.314 e. The van der Waals surface area contributed by atoms with Gasteiger partial charge < -0.3 is 10.2 Å². The average molecular weight is 222 g/mol. The van der Waals surface area contributed by atoms with E-state index in [-0.39, 0.29) is 5.54 Å². The Morgan fingerprint density at radius 2 is 2.25 bits per heavy atom. The molecular weight excluding hydrogens is 196 g/mol. The summed E-state index contributed by atoms with van der Waals surface area (Å²) in [6.45, 7) is 2.36. The van der Waals surface area contributed by atoms with Crippen LogP contribution in [0.5, 0.6) is 0 Å². The van der Waals surface area contributed by atoms with Crippen molar-refractivity contribution in [2.75, 3.05) is 21.1 Å². The van der Waals surface area contributed by atoms with E-state index in [2.05, 4.69) is 37.2 Å². The van der Waals surface area contributed by atoms with Gasteiger partial charge in [-0.25, -0.2) is 0 Å². The monoisotopic (exact) mass is 222 g/mol. The highest BCUT2D eigenvalue weighted by Gasteiger charge is 2.42. The molecule has 0 saturated heterocycles. The zero-order valence-electron chi connectivity index (χ0n) is 11.2. The summed E-state index contributed by atoms with van der Waals surface area (Å²) in [5.74, 6) is 3.63. The topological polar surface area (TPSA) is 15.3 Å². The number of hydrogen-bond acceptors (Lipinski definition) is 2. The van der Waals surface area contributed by atoms with Crippen molar-refractivity contribution in [2.45, 2.75) is 50.6 Å². The first-order valence-electron chi connectivity index (χ1n) is 6.35. The van der Waals surface area contributed by atoms with Crippen LogP contribution in [0, 0.1) is 18.3 Å². The summed E-state index contributed by atoms with van der Waals surface area (Å²) < 4.78 is 0. The van der Waals surface area contributed by atoms with E-state index in [4.69, 9.17) is 6.42 Å². The number of rotatable bonds is 4. The molecule has 0 aliphatic heterocycles. The fourth-order valence-corrected chi connectivity index (χ4v) is 3.28. The standard InChI is InChI=1S/C14H26N2/c1-6-8-13(15-3)14(16(4)5)10-7-9-12(2)11-14/h1,12-13,15H,7-11H2,2-5H3. The van der Waals surface area contributed by atoms with Gasteiger partial charge >= 0.3 is 0 Å². The van der Waals surface area contributed by atoms with Crippen LogP contribution in [0.3, 0.4) is 0 Å². The van der Waals surface area contributed by atoms with Crippen molar-refractivity contribution in [1.82, 2.24) is 10.2 Å². The highest BCUT2D eigenvalue weighted by molar-refractivity contribution is 5.06. The Morgan fingerprint density at radius 3 is 2.69 bits per heavy atom. The third-order valence-corrected chi connectivity index (χ3v) is 4.22. The first kappa shape index (κ1) is 13.5. The molecule has 0 aromatic heterocycles. The Bertz CT molecular complexity index is 254. The van der Waals surface area contributed by atoms with Gasteiger partial charge in [-0.3, -0.25) is 0 Å². The molecule has 16 heavy (non-hydrogen) atoms. The molecule has 2 nitrogen and oxygen atoms in total. The lowest BCUT2D eigenvalue weighted by molar-refractivity contribution is 0.0415. The number of likely N-dealkylation sites (N-methyl/N-ethyl adjacent to an activating group) is 2. The van der Waals surface area contributed by atoms with Crippen LogP contribution in [0.25, 0.3) is 0 Å². The first-order valence-corrected chi connectivity index (χ1v) is 6.35. The van der Waals surface area contributed by atoms with Gasteiger partial charge in [0.05, 0.1) is 0 Å². The summed E-state index contributed by atoms with van der Waals surface area (Å²) in [6, 6.07) is 0.412. The summed E-state index contributed by atoms with van der Waals surface area (Å²) in [5.41, 5.74) is 0.249. The number of terminal acetylenes is 1. The van der Waals surface area contributed by atoms with Crippen LogP contribution >= 0.6 is 0 Å². The highest BCUT2D eigenvalue weighted by Crippen LogP contribution is 2.38. The minimum absolute atomic E-state index is 0.249. The fraction of sp³-hybridized carbons (Fsp3) is 0.857. The molecule has 0 amide bonds. The van der Waals surface area contributed by atoms with Crippen LogP contribution in [-0.4, -0.2) is 37.6 Å². The molecular formula is C14H26N2. The van der Waals surface area contributed by atoms with Gasteiger partial charge in [-0.15, -0.1) is 12.3 Å². The van der Waals surface area contributed by atoms with Gasteiger partial charge in [0.15, 0.2) is 0 Å². The van der Waals surface area contributed by atoms with Gasteiger partial charge in [0, 0.05) is 18.0 Å². The number of hydrogen-bond donors (Lipinski definition) is 1. The Hall–Kier alpha value is -0.520. The Labute approximate surface area is 101 Å². The maximum absolute atomic E-state index is 5.50. The lowest BCUT2D eigenvalue weighted by Crippen LogP contribution is -2.60. The van der Waals surface area contributed by atoms with E-state index < -0.39 is 0 Å². The fourth-order valence-electron chi connectivity index (χ4n) is 3.28. The first-order chi connectivity index (χ1) is 7.56. The van der Waals surface area contributed by atoms with Crippen molar-refractivity contribution < 1.29 is 0 Å². The summed E-state index contributed by atoms with van der Waals surface area (Å²) in [6.07, 6.45) is 11.5. The minimum atomic E-state index is 0.249. The van der Waals surface area contributed by atoms with E-state index >= 15 is 0 Å². The second-order valence-electron chi connectivity index (χ2n) is 5.45. The van der Waals surface area contributed by atoms with Gasteiger partial charge in [0.25, 0.3) is 0 Å². The summed E-state index contributed by atoms with van der Waals surface area (Å²) in [7, 11) is 6.42. The third-order valence-electron chi connectivity index (χ3n) is 4.22. The molecule has 3 atom stereocenters. The quantitative estimate of drug-likeness (QED) is 0.733. The normalized spacial score (nSPS) is 32.4. The molecule has 0 heterocycles. The van der Waals surface area contributed by atoms with E-state index in [0.29, 0.717) is 6.04 Å². The van der Waals surface area contributed by atoms with Gasteiger partial charge in [0.2, 0.25) is 0 Å². The van der Waals surface area contributed by atoms with Crippen LogP contribution in [-0.2, 0) is 0 Å². The maximum atomic E-state index is 5.50. The molecule has 1 fully saturated rings. The molecule has 1 rings (SSSR count). The molecule has 0 aromatic carbocycles. The Morgan fingerprint density at radius 1 is 1.56 bits per heavy atom. The van der Waals surface area contributed by atoms with Crippen molar-refractivity contribution in [1.29, 1.82) is 0 Å². The summed E-state index contributed by atoms with van der Waals surface area (Å²) in [4.78, 5) is 2.39. The Kier molecular flexibility index (Phi) is 4.83. The lowest BCUT2D eigenvalue weighted by atomic mass is 9.70. The molecule has 1 aliphatic carbocycles. The van der Waals surface area contributed by atoms with Crippen LogP contribution in [0.2, 0.25) is 0 Å². The molecule has 0 aromatic rings. The van der Waals surface area contributed by atoms with Gasteiger partial charge in [-0.05, 0) is 39.9 Å². The van der Waals surface area contributed by atoms with Gasteiger partial charge in [0.1, 0.15) is 0 Å². The highest BCUT2D eigenvalue weighted by atomic mass is 15.2. The van der Waals surface area contributed by atoms with E-state index in [1.807, 2.05) is 7.05 Å². The summed E-state index contributed by atoms with van der Waals surface area (Å²) >= 11 is 0. The average Bonchev–Trinajstić information content (AvgIpc) is 2.25. The number of nitrogens with one attached hydrogen (secondary N) is 1. The van der Waals surface area contributed by atoms with Crippen LogP contribution < -0.4 is 5.32 Å². The predicted molar refractivity (Wildman–Crippen MR) is 70.3 cm³/mol. The molecule has 92 valence electrons. The number of nitrogens with zero attached hydrogens (tertiary/aromatic N) is 1. The van der Waals surface area contributed by atoms with E-state index in [0.717, 1.165) is 12.3 Å². The van der Waals surface area contributed by atoms with Crippen molar-refractivity contribution in [3.05, 3.63) is 0 Å². The Balaban J connectivity index is 2.90. The third kappa shape index (κ3) is 2.59. The summed E-state index contributed by atoms with van der Waals surface area (Å²) in [5, 5.41) is 3.43. The maximum Gasteiger partial charge on any atom is 0.0368 e. The van der Waals surface area contributed by atoms with E-state index in [1.54, 1.807) is 0 Å². The lowest BCUT2D eigenvalue weighted by Gasteiger charge is -2.49. The smallest absolute Gasteiger partial charge is 0.0368 e. The molecule has 2 heteroatoms. The minimum Gasteiger partial charge on any atom is -0.314 e. The zero-order valence-corrected chi connectivity index (χ0v) is 11.2. The molecule has 0 radical (unpaired) electrons. The van der Waals surface area contributed by atoms with Crippen molar-refractivity contribution in [3.8, 4) is 12.3 Å².